The number of hydrogen-bond donors (Lipinski definition) is 1. The van der Waals surface area contributed by atoms with Crippen LogP contribution < -0.4 is 0 Å². The van der Waals surface area contributed by atoms with Crippen LogP contribution >= 0.6 is 0 Å². The van der Waals surface area contributed by atoms with Gasteiger partial charge in [0.15, 0.2) is 0 Å². The highest BCUT2D eigenvalue weighted by atomic mass is 16.5. The molecule has 0 aromatic heterocycles. The van der Waals surface area contributed by atoms with Crippen molar-refractivity contribution in [2.24, 2.45) is 17.3 Å². The molecule has 0 radical (unpaired) electrons. The fourth-order valence-electron chi connectivity index (χ4n) is 4.80. The summed E-state index contributed by atoms with van der Waals surface area (Å²) < 4.78 is 5.34. The van der Waals surface area contributed by atoms with Crippen molar-refractivity contribution in [2.45, 2.75) is 19.4 Å². The molecule has 3 aliphatic rings. The van der Waals surface area contributed by atoms with E-state index in [-0.39, 0.29) is 17.7 Å². The first-order valence-electron chi connectivity index (χ1n) is 9.45. The van der Waals surface area contributed by atoms with E-state index in [1.807, 2.05) is 23.1 Å². The fraction of sp³-hybridized carbons (Fsp3) is 0.600. The third-order valence-electron chi connectivity index (χ3n) is 6.24. The molecule has 0 bridgehead atoms. The molecule has 3 saturated heterocycles. The molecule has 3 heterocycles. The highest BCUT2D eigenvalue weighted by Gasteiger charge is 2.58. The first kappa shape index (κ1) is 17.5. The Labute approximate surface area is 153 Å². The van der Waals surface area contributed by atoms with Crippen LogP contribution in [0.2, 0.25) is 0 Å². The molecular weight excluding hydrogens is 332 g/mol. The van der Waals surface area contributed by atoms with Crippen LogP contribution in [0.4, 0.5) is 0 Å². The molecule has 1 amide bonds. The first-order chi connectivity index (χ1) is 12.6. The lowest BCUT2D eigenvalue weighted by Gasteiger charge is -2.29. The maximum atomic E-state index is 12.8. The van der Waals surface area contributed by atoms with E-state index in [2.05, 4.69) is 17.0 Å². The first-order valence-corrected chi connectivity index (χ1v) is 9.45. The number of carboxylic acids is 1. The zero-order valence-corrected chi connectivity index (χ0v) is 15.0. The quantitative estimate of drug-likeness (QED) is 0.882. The summed E-state index contributed by atoms with van der Waals surface area (Å²) in [5, 5.41) is 9.98. The Kier molecular flexibility index (Phi) is 4.71. The Balaban J connectivity index is 1.45. The minimum atomic E-state index is -0.824. The number of carbonyl (C=O) groups is 2. The number of hydrogen-bond acceptors (Lipinski definition) is 4. The number of amides is 1. The van der Waals surface area contributed by atoms with Crippen LogP contribution in [-0.2, 0) is 20.9 Å². The van der Waals surface area contributed by atoms with E-state index in [0.717, 1.165) is 25.9 Å². The number of carboxylic acid groups (broad SMARTS) is 1. The summed E-state index contributed by atoms with van der Waals surface area (Å²) in [4.78, 5) is 29.0. The topological polar surface area (TPSA) is 70.1 Å². The van der Waals surface area contributed by atoms with Crippen molar-refractivity contribution in [3.63, 3.8) is 0 Å². The zero-order valence-electron chi connectivity index (χ0n) is 15.0. The molecule has 26 heavy (non-hydrogen) atoms. The van der Waals surface area contributed by atoms with Gasteiger partial charge < -0.3 is 14.7 Å². The van der Waals surface area contributed by atoms with Crippen LogP contribution in [0.5, 0.6) is 0 Å². The summed E-state index contributed by atoms with van der Waals surface area (Å²) >= 11 is 0. The second-order valence-electron chi connectivity index (χ2n) is 7.92. The zero-order chi connectivity index (χ0) is 18.1. The summed E-state index contributed by atoms with van der Waals surface area (Å²) in [6, 6.07) is 10.1. The minimum absolute atomic E-state index is 0.00570. The van der Waals surface area contributed by atoms with Gasteiger partial charge >= 0.3 is 5.97 Å². The summed E-state index contributed by atoms with van der Waals surface area (Å²) in [7, 11) is 0. The van der Waals surface area contributed by atoms with E-state index in [1.54, 1.807) is 0 Å². The molecule has 6 nitrogen and oxygen atoms in total. The molecule has 1 N–H and O–H groups in total. The molecular formula is C20H26N2O4. The molecule has 0 saturated carbocycles. The van der Waals surface area contributed by atoms with E-state index in [9.17, 15) is 14.7 Å². The Hall–Kier alpha value is -1.92. The highest BCUT2D eigenvalue weighted by Crippen LogP contribution is 2.44. The SMILES string of the molecule is O=C(C1CCOCC1)N1C[C@H]2CN(Cc3ccccc3)C[C@@]2(C(=O)O)C1. The Bertz CT molecular complexity index is 674. The van der Waals surface area contributed by atoms with Crippen LogP contribution in [0.25, 0.3) is 0 Å². The number of fused-ring (bicyclic) bond motifs is 1. The Morgan fingerprint density at radius 3 is 2.50 bits per heavy atom. The van der Waals surface area contributed by atoms with Crippen LogP contribution in [0.1, 0.15) is 18.4 Å². The van der Waals surface area contributed by atoms with E-state index >= 15 is 0 Å². The van der Waals surface area contributed by atoms with E-state index in [4.69, 9.17) is 4.74 Å². The van der Waals surface area contributed by atoms with E-state index < -0.39 is 11.4 Å². The number of carbonyl (C=O) groups excluding carboxylic acids is 1. The van der Waals surface area contributed by atoms with Gasteiger partial charge in [-0.15, -0.1) is 0 Å². The van der Waals surface area contributed by atoms with Gasteiger partial charge in [0.25, 0.3) is 0 Å². The van der Waals surface area contributed by atoms with Crippen LogP contribution in [0, 0.1) is 17.3 Å². The smallest absolute Gasteiger partial charge is 0.313 e. The molecule has 6 heteroatoms. The normalized spacial score (nSPS) is 29.7. The maximum absolute atomic E-state index is 12.8. The minimum Gasteiger partial charge on any atom is -0.481 e. The standard InChI is InChI=1S/C20H26N2O4/c23-18(16-6-8-26-9-7-16)22-12-17-11-21(10-15-4-2-1-3-5-15)13-20(17,14-22)19(24)25/h1-5,16-17H,6-14H2,(H,24,25)/t17-,20-/m1/s1. The van der Waals surface area contributed by atoms with Gasteiger partial charge in [-0.25, -0.2) is 0 Å². The summed E-state index contributed by atoms with van der Waals surface area (Å²) in [6.07, 6.45) is 1.50. The lowest BCUT2D eigenvalue weighted by Crippen LogP contribution is -2.43. The van der Waals surface area contributed by atoms with Gasteiger partial charge in [0.1, 0.15) is 5.41 Å². The molecule has 1 aromatic carbocycles. The van der Waals surface area contributed by atoms with Gasteiger partial charge in [-0.3, -0.25) is 14.5 Å². The molecule has 140 valence electrons. The monoisotopic (exact) mass is 358 g/mol. The third kappa shape index (κ3) is 3.12. The van der Waals surface area contributed by atoms with Gasteiger partial charge in [0.05, 0.1) is 0 Å². The van der Waals surface area contributed by atoms with Crippen LogP contribution in [0.15, 0.2) is 30.3 Å². The van der Waals surface area contributed by atoms with Crippen molar-refractivity contribution in [3.8, 4) is 0 Å². The van der Waals surface area contributed by atoms with E-state index in [1.165, 1.54) is 5.56 Å². The molecule has 0 aliphatic carbocycles. The summed E-state index contributed by atoms with van der Waals surface area (Å²) in [6.45, 7) is 4.17. The molecule has 3 fully saturated rings. The van der Waals surface area contributed by atoms with Gasteiger partial charge in [0, 0.05) is 57.8 Å². The lowest BCUT2D eigenvalue weighted by molar-refractivity contribution is -0.149. The maximum Gasteiger partial charge on any atom is 0.313 e. The van der Waals surface area contributed by atoms with Crippen molar-refractivity contribution < 1.29 is 19.4 Å². The number of benzene rings is 1. The van der Waals surface area contributed by atoms with Crippen LogP contribution in [-0.4, -0.2) is 66.2 Å². The predicted octanol–water partition coefficient (Wildman–Crippen LogP) is 1.46. The van der Waals surface area contributed by atoms with E-state index in [0.29, 0.717) is 32.8 Å². The number of nitrogens with zero attached hydrogens (tertiary/aromatic N) is 2. The number of likely N-dealkylation sites (tertiary alicyclic amines) is 2. The van der Waals surface area contributed by atoms with Gasteiger partial charge in [-0.2, -0.15) is 0 Å². The summed E-state index contributed by atoms with van der Waals surface area (Å²) in [5.74, 6) is -0.639. The van der Waals surface area contributed by atoms with Gasteiger partial charge in [-0.05, 0) is 18.4 Å². The fourth-order valence-corrected chi connectivity index (χ4v) is 4.80. The average Bonchev–Trinajstić information content (AvgIpc) is 3.18. The average molecular weight is 358 g/mol. The molecule has 0 spiro atoms. The molecule has 4 rings (SSSR count). The third-order valence-corrected chi connectivity index (χ3v) is 6.24. The predicted molar refractivity (Wildman–Crippen MR) is 95.4 cm³/mol. The second kappa shape index (κ2) is 7.00. The van der Waals surface area contributed by atoms with Gasteiger partial charge in [0.2, 0.25) is 5.91 Å². The van der Waals surface area contributed by atoms with Crippen LogP contribution in [0.3, 0.4) is 0 Å². The van der Waals surface area contributed by atoms with Crippen molar-refractivity contribution >= 4 is 11.9 Å². The largest absolute Gasteiger partial charge is 0.481 e. The number of rotatable bonds is 4. The molecule has 1 aromatic rings. The van der Waals surface area contributed by atoms with Crippen molar-refractivity contribution in [2.75, 3.05) is 39.4 Å². The lowest BCUT2D eigenvalue weighted by atomic mass is 9.81. The molecule has 0 unspecified atom stereocenters. The highest BCUT2D eigenvalue weighted by molar-refractivity contribution is 5.83. The number of aliphatic carboxylic acids is 1. The van der Waals surface area contributed by atoms with Gasteiger partial charge in [-0.1, -0.05) is 30.3 Å². The van der Waals surface area contributed by atoms with Crippen molar-refractivity contribution in [1.29, 1.82) is 0 Å². The number of ether oxygens (including phenoxy) is 1. The van der Waals surface area contributed by atoms with Crippen molar-refractivity contribution in [1.82, 2.24) is 9.80 Å². The summed E-state index contributed by atoms with van der Waals surface area (Å²) in [5.41, 5.74) is 0.374. The second-order valence-corrected chi connectivity index (χ2v) is 7.92. The Morgan fingerprint density at radius 2 is 1.85 bits per heavy atom. The molecule has 2 atom stereocenters. The molecule has 3 aliphatic heterocycles. The van der Waals surface area contributed by atoms with Crippen molar-refractivity contribution in [3.05, 3.63) is 35.9 Å². The Morgan fingerprint density at radius 1 is 1.12 bits per heavy atom.